The average molecular weight is 408 g/mol. The molecule has 1 atom stereocenters. The van der Waals surface area contributed by atoms with Gasteiger partial charge in [0.1, 0.15) is 0 Å². The fraction of sp³-hybridized carbons (Fsp3) is 0.250. The van der Waals surface area contributed by atoms with E-state index in [0.29, 0.717) is 28.4 Å². The van der Waals surface area contributed by atoms with Gasteiger partial charge < -0.3 is 10.0 Å². The molecule has 3 aromatic rings. The highest BCUT2D eigenvalue weighted by molar-refractivity contribution is 6.31. The molecule has 1 heterocycles. The molecule has 4 rings (SSSR count). The van der Waals surface area contributed by atoms with E-state index in [9.17, 15) is 14.7 Å². The van der Waals surface area contributed by atoms with Crippen LogP contribution in [-0.2, 0) is 10.4 Å². The number of nitrogens with zero attached hydrogens (tertiary/aromatic N) is 1. The Morgan fingerprint density at radius 3 is 2.59 bits per heavy atom. The van der Waals surface area contributed by atoms with Crippen LogP contribution < -0.4 is 4.90 Å². The molecule has 1 N–H and O–H groups in total. The predicted molar refractivity (Wildman–Crippen MR) is 116 cm³/mol. The van der Waals surface area contributed by atoms with Crippen molar-refractivity contribution in [2.45, 2.75) is 31.8 Å². The van der Waals surface area contributed by atoms with Gasteiger partial charge in [-0.2, -0.15) is 0 Å². The summed E-state index contributed by atoms with van der Waals surface area (Å²) in [6.45, 7) is 2.54. The van der Waals surface area contributed by atoms with E-state index in [1.54, 1.807) is 35.2 Å². The number of hydrogen-bond donors (Lipinski definition) is 1. The van der Waals surface area contributed by atoms with E-state index in [0.717, 1.165) is 23.6 Å². The van der Waals surface area contributed by atoms with Crippen molar-refractivity contribution in [1.82, 2.24) is 0 Å². The second-order valence-corrected chi connectivity index (χ2v) is 7.93. The zero-order chi connectivity index (χ0) is 20.6. The molecule has 148 valence electrons. The van der Waals surface area contributed by atoms with Crippen LogP contribution in [0.3, 0.4) is 0 Å². The van der Waals surface area contributed by atoms with E-state index < -0.39 is 11.5 Å². The van der Waals surface area contributed by atoms with Crippen molar-refractivity contribution in [3.05, 3.63) is 76.8 Å². The molecule has 1 amide bonds. The van der Waals surface area contributed by atoms with Gasteiger partial charge in [0.15, 0.2) is 11.4 Å². The number of aliphatic hydroxyl groups is 1. The highest BCUT2D eigenvalue weighted by atomic mass is 35.5. The smallest absolute Gasteiger partial charge is 0.264 e. The fourth-order valence-electron chi connectivity index (χ4n) is 3.93. The van der Waals surface area contributed by atoms with Gasteiger partial charge in [0.2, 0.25) is 0 Å². The quantitative estimate of drug-likeness (QED) is 0.578. The van der Waals surface area contributed by atoms with E-state index in [4.69, 9.17) is 11.6 Å². The first-order valence-electron chi connectivity index (χ1n) is 9.80. The summed E-state index contributed by atoms with van der Waals surface area (Å²) >= 11 is 6.14. The van der Waals surface area contributed by atoms with Crippen molar-refractivity contribution in [3.8, 4) is 0 Å². The molecule has 1 unspecified atom stereocenters. The normalized spacial score (nSPS) is 18.3. The summed E-state index contributed by atoms with van der Waals surface area (Å²) in [5.74, 6) is -0.743. The highest BCUT2D eigenvalue weighted by Gasteiger charge is 2.50. The highest BCUT2D eigenvalue weighted by Crippen LogP contribution is 2.44. The second kappa shape index (κ2) is 7.62. The summed E-state index contributed by atoms with van der Waals surface area (Å²) in [6.07, 6.45) is 1.41. The molecule has 1 aliphatic heterocycles. The maximum Gasteiger partial charge on any atom is 0.264 e. The first-order valence-corrected chi connectivity index (χ1v) is 10.2. The van der Waals surface area contributed by atoms with E-state index in [1.165, 1.54) is 0 Å². The number of carbonyl (C=O) groups excluding carboxylic acids is 2. The van der Waals surface area contributed by atoms with Crippen LogP contribution in [-0.4, -0.2) is 23.3 Å². The summed E-state index contributed by atoms with van der Waals surface area (Å²) in [7, 11) is 0. The summed E-state index contributed by atoms with van der Waals surface area (Å²) in [5, 5.41) is 13.8. The summed E-state index contributed by atoms with van der Waals surface area (Å²) < 4.78 is 0. The molecule has 0 spiro atoms. The lowest BCUT2D eigenvalue weighted by atomic mass is 9.87. The number of fused-ring (bicyclic) bond motifs is 2. The predicted octanol–water partition coefficient (Wildman–Crippen LogP) is 5.10. The van der Waals surface area contributed by atoms with Crippen LogP contribution in [0.5, 0.6) is 0 Å². The van der Waals surface area contributed by atoms with Gasteiger partial charge in [-0.25, -0.2) is 0 Å². The van der Waals surface area contributed by atoms with Crippen LogP contribution in [0.25, 0.3) is 10.8 Å². The standard InChI is InChI=1S/C24H22ClNO3/c1-2-3-12-26-21-11-10-19(25)14-20(21)24(29,23(26)28)15-22(27)18-9-8-16-6-4-5-7-17(16)13-18/h4-11,13-14,29H,2-3,12,15H2,1H3. The van der Waals surface area contributed by atoms with Gasteiger partial charge in [-0.05, 0) is 41.5 Å². The lowest BCUT2D eigenvalue weighted by Crippen LogP contribution is -2.42. The fourth-order valence-corrected chi connectivity index (χ4v) is 4.10. The number of amides is 1. The van der Waals surface area contributed by atoms with E-state index in [-0.39, 0.29) is 12.2 Å². The monoisotopic (exact) mass is 407 g/mol. The summed E-state index contributed by atoms with van der Waals surface area (Å²) in [5.41, 5.74) is -0.404. The van der Waals surface area contributed by atoms with Crippen LogP contribution in [0.15, 0.2) is 60.7 Å². The maximum atomic E-state index is 13.2. The molecule has 4 nitrogen and oxygen atoms in total. The van der Waals surface area contributed by atoms with E-state index >= 15 is 0 Å². The number of hydrogen-bond acceptors (Lipinski definition) is 3. The molecule has 3 aromatic carbocycles. The molecular formula is C24H22ClNO3. The third-order valence-electron chi connectivity index (χ3n) is 5.52. The number of unbranched alkanes of at least 4 members (excludes halogenated alkanes) is 1. The van der Waals surface area contributed by atoms with Crippen LogP contribution in [0, 0.1) is 0 Å². The van der Waals surface area contributed by atoms with Crippen molar-refractivity contribution in [1.29, 1.82) is 0 Å². The van der Waals surface area contributed by atoms with E-state index in [2.05, 4.69) is 0 Å². The molecule has 29 heavy (non-hydrogen) atoms. The van der Waals surface area contributed by atoms with Crippen LogP contribution >= 0.6 is 11.6 Å². The number of carbonyl (C=O) groups is 2. The van der Waals surface area contributed by atoms with Crippen LogP contribution in [0.2, 0.25) is 5.02 Å². The van der Waals surface area contributed by atoms with E-state index in [1.807, 2.05) is 37.3 Å². The molecule has 0 aromatic heterocycles. The topological polar surface area (TPSA) is 57.6 Å². The Morgan fingerprint density at radius 1 is 1.07 bits per heavy atom. The number of anilines is 1. The van der Waals surface area contributed by atoms with Gasteiger partial charge in [-0.1, -0.05) is 61.3 Å². The molecule has 0 aliphatic carbocycles. The van der Waals surface area contributed by atoms with Crippen molar-refractivity contribution in [2.24, 2.45) is 0 Å². The van der Waals surface area contributed by atoms with Crippen LogP contribution in [0.4, 0.5) is 5.69 Å². The zero-order valence-electron chi connectivity index (χ0n) is 16.2. The van der Waals surface area contributed by atoms with Crippen molar-refractivity contribution in [3.63, 3.8) is 0 Å². The third-order valence-corrected chi connectivity index (χ3v) is 5.75. The van der Waals surface area contributed by atoms with Gasteiger partial charge in [0, 0.05) is 22.7 Å². The second-order valence-electron chi connectivity index (χ2n) is 7.49. The van der Waals surface area contributed by atoms with Gasteiger partial charge in [-0.3, -0.25) is 9.59 Å². The van der Waals surface area contributed by atoms with Crippen molar-refractivity contribution < 1.29 is 14.7 Å². The Balaban J connectivity index is 1.70. The van der Waals surface area contributed by atoms with Gasteiger partial charge >= 0.3 is 0 Å². The minimum atomic E-state index is -1.91. The Bertz CT molecular complexity index is 1110. The molecule has 0 radical (unpaired) electrons. The first kappa shape index (κ1) is 19.6. The Morgan fingerprint density at radius 2 is 1.83 bits per heavy atom. The Kier molecular flexibility index (Phi) is 5.15. The zero-order valence-corrected chi connectivity index (χ0v) is 16.9. The number of rotatable bonds is 6. The average Bonchev–Trinajstić information content (AvgIpc) is 2.92. The number of halogens is 1. The SMILES string of the molecule is CCCCN1C(=O)C(O)(CC(=O)c2ccc3ccccc3c2)c2cc(Cl)ccc21. The lowest BCUT2D eigenvalue weighted by molar-refractivity contribution is -0.135. The number of benzene rings is 3. The minimum Gasteiger partial charge on any atom is -0.375 e. The third kappa shape index (κ3) is 3.43. The maximum absolute atomic E-state index is 13.2. The van der Waals surface area contributed by atoms with Gasteiger partial charge in [0.25, 0.3) is 5.91 Å². The van der Waals surface area contributed by atoms with Crippen molar-refractivity contribution in [2.75, 3.05) is 11.4 Å². The van der Waals surface area contributed by atoms with Crippen molar-refractivity contribution >= 4 is 39.8 Å². The number of ketones is 1. The Hall–Kier alpha value is -2.69. The molecule has 5 heteroatoms. The largest absolute Gasteiger partial charge is 0.375 e. The summed E-state index contributed by atoms with van der Waals surface area (Å²) in [4.78, 5) is 27.8. The Labute approximate surface area is 174 Å². The molecular weight excluding hydrogens is 386 g/mol. The minimum absolute atomic E-state index is 0.283. The van der Waals surface area contributed by atoms with Gasteiger partial charge in [-0.15, -0.1) is 0 Å². The molecule has 0 saturated heterocycles. The molecule has 0 bridgehead atoms. The summed E-state index contributed by atoms with van der Waals surface area (Å²) in [6, 6.07) is 18.2. The lowest BCUT2D eigenvalue weighted by Gasteiger charge is -2.22. The molecule has 0 saturated carbocycles. The first-order chi connectivity index (χ1) is 13.9. The molecule has 0 fully saturated rings. The van der Waals surface area contributed by atoms with Gasteiger partial charge in [0.05, 0.1) is 12.1 Å². The molecule has 1 aliphatic rings. The van der Waals surface area contributed by atoms with Crippen LogP contribution in [0.1, 0.15) is 42.1 Å². The number of Topliss-reactive ketones (excluding diaryl/α,β-unsaturated/α-hetero) is 1.